The molecule has 0 saturated carbocycles. The third kappa shape index (κ3) is 6.52. The van der Waals surface area contributed by atoms with E-state index in [9.17, 15) is 0 Å². The van der Waals surface area contributed by atoms with Crippen LogP contribution in [0.3, 0.4) is 0 Å². The Labute approximate surface area is 372 Å². The van der Waals surface area contributed by atoms with Crippen molar-refractivity contribution in [3.05, 3.63) is 249 Å². The van der Waals surface area contributed by atoms with Gasteiger partial charge < -0.3 is 9.32 Å². The van der Waals surface area contributed by atoms with Crippen LogP contribution in [0.2, 0.25) is 0 Å². The van der Waals surface area contributed by atoms with E-state index in [4.69, 9.17) is 4.42 Å². The number of nitrogens with zero attached hydrogens (tertiary/aromatic N) is 1. The topological polar surface area (TPSA) is 16.4 Å². The fourth-order valence-electron chi connectivity index (χ4n) is 9.66. The number of anilines is 3. The summed E-state index contributed by atoms with van der Waals surface area (Å²) in [6.45, 7) is 0. The smallest absolute Gasteiger partial charge is 0.136 e. The van der Waals surface area contributed by atoms with Crippen LogP contribution in [-0.2, 0) is 0 Å². The summed E-state index contributed by atoms with van der Waals surface area (Å²) >= 11 is 0. The van der Waals surface area contributed by atoms with E-state index in [0.717, 1.165) is 61.3 Å². The maximum absolute atomic E-state index is 6.31. The predicted octanol–water partition coefficient (Wildman–Crippen LogP) is 17.7. The van der Waals surface area contributed by atoms with Crippen LogP contribution in [0.5, 0.6) is 0 Å². The second-order valence-electron chi connectivity index (χ2n) is 16.4. The third-order valence-electron chi connectivity index (χ3n) is 12.7. The molecule has 0 saturated heterocycles. The Bertz CT molecular complexity index is 3630. The molecule has 0 fully saturated rings. The number of furan rings is 1. The Hall–Kier alpha value is -8.46. The Kier molecular flexibility index (Phi) is 9.20. The molecule has 0 aliphatic heterocycles. The monoisotopic (exact) mass is 815 g/mol. The molecule has 0 unspecified atom stereocenters. The summed E-state index contributed by atoms with van der Waals surface area (Å²) in [7, 11) is 0. The predicted molar refractivity (Wildman–Crippen MR) is 271 cm³/mol. The first-order valence-corrected chi connectivity index (χ1v) is 21.9. The molecule has 2 heteroatoms. The molecule has 300 valence electrons. The molecule has 0 aliphatic carbocycles. The van der Waals surface area contributed by atoms with Crippen molar-refractivity contribution in [1.82, 2.24) is 0 Å². The van der Waals surface area contributed by atoms with Crippen molar-refractivity contribution in [3.63, 3.8) is 0 Å². The number of hydrogen-bond acceptors (Lipinski definition) is 2. The second kappa shape index (κ2) is 15.8. The zero-order valence-corrected chi connectivity index (χ0v) is 35.0. The van der Waals surface area contributed by atoms with Gasteiger partial charge in [-0.3, -0.25) is 0 Å². The lowest BCUT2D eigenvalue weighted by molar-refractivity contribution is 0.669. The van der Waals surface area contributed by atoms with E-state index in [0.29, 0.717) is 0 Å². The van der Waals surface area contributed by atoms with E-state index in [1.54, 1.807) is 0 Å². The van der Waals surface area contributed by atoms with Crippen molar-refractivity contribution in [3.8, 4) is 55.6 Å². The molecule has 12 rings (SSSR count). The molecule has 0 atom stereocenters. The minimum atomic E-state index is 0.892. The summed E-state index contributed by atoms with van der Waals surface area (Å²) in [6.07, 6.45) is 0. The van der Waals surface area contributed by atoms with Crippen molar-refractivity contribution in [2.24, 2.45) is 0 Å². The Morgan fingerprint density at radius 1 is 0.281 bits per heavy atom. The molecule has 0 N–H and O–H groups in total. The van der Waals surface area contributed by atoms with Gasteiger partial charge in [0.25, 0.3) is 0 Å². The van der Waals surface area contributed by atoms with Gasteiger partial charge in [-0.25, -0.2) is 0 Å². The maximum Gasteiger partial charge on any atom is 0.136 e. The van der Waals surface area contributed by atoms with Gasteiger partial charge in [0.05, 0.1) is 5.69 Å². The van der Waals surface area contributed by atoms with Crippen molar-refractivity contribution in [2.45, 2.75) is 0 Å². The summed E-state index contributed by atoms with van der Waals surface area (Å²) in [6, 6.07) is 89.8. The summed E-state index contributed by atoms with van der Waals surface area (Å²) in [5.74, 6) is 0. The normalized spacial score (nSPS) is 11.4. The zero-order valence-electron chi connectivity index (χ0n) is 35.0. The lowest BCUT2D eigenvalue weighted by atomic mass is 9.87. The minimum absolute atomic E-state index is 0.892. The molecule has 0 amide bonds. The first-order chi connectivity index (χ1) is 31.7. The molecular formula is C62H41NO. The molecule has 11 aromatic carbocycles. The molecule has 1 aromatic heterocycles. The fourth-order valence-corrected chi connectivity index (χ4v) is 9.66. The largest absolute Gasteiger partial charge is 0.456 e. The van der Waals surface area contributed by atoms with Gasteiger partial charge in [0.1, 0.15) is 11.2 Å². The molecule has 64 heavy (non-hydrogen) atoms. The molecule has 0 aliphatic rings. The third-order valence-corrected chi connectivity index (χ3v) is 12.7. The van der Waals surface area contributed by atoms with Crippen LogP contribution in [0.1, 0.15) is 0 Å². The van der Waals surface area contributed by atoms with Crippen LogP contribution in [0.4, 0.5) is 17.1 Å². The van der Waals surface area contributed by atoms with Crippen molar-refractivity contribution in [1.29, 1.82) is 0 Å². The summed E-state index contributed by atoms with van der Waals surface area (Å²) in [4.78, 5) is 2.43. The van der Waals surface area contributed by atoms with E-state index in [2.05, 4.69) is 241 Å². The van der Waals surface area contributed by atoms with E-state index in [1.165, 1.54) is 54.9 Å². The quantitative estimate of drug-likeness (QED) is 0.142. The lowest BCUT2D eigenvalue weighted by Gasteiger charge is -2.30. The van der Waals surface area contributed by atoms with Gasteiger partial charge in [0, 0.05) is 27.7 Å². The number of hydrogen-bond donors (Lipinski definition) is 0. The molecule has 2 nitrogen and oxygen atoms in total. The molecule has 1 heterocycles. The first kappa shape index (κ1) is 37.3. The molecule has 12 aromatic rings. The minimum Gasteiger partial charge on any atom is -0.456 e. The van der Waals surface area contributed by atoms with Crippen LogP contribution < -0.4 is 4.90 Å². The summed E-state index contributed by atoms with van der Waals surface area (Å²) in [5, 5.41) is 7.21. The Morgan fingerprint density at radius 3 is 1.45 bits per heavy atom. The fraction of sp³-hybridized carbons (Fsp3) is 0. The Balaban J connectivity index is 1.09. The number of benzene rings is 11. The number of fused-ring (bicyclic) bond motifs is 6. The van der Waals surface area contributed by atoms with Crippen molar-refractivity contribution in [2.75, 3.05) is 4.90 Å². The van der Waals surface area contributed by atoms with Gasteiger partial charge in [0.15, 0.2) is 0 Å². The van der Waals surface area contributed by atoms with Crippen molar-refractivity contribution >= 4 is 60.5 Å². The van der Waals surface area contributed by atoms with E-state index in [1.807, 2.05) is 12.1 Å². The van der Waals surface area contributed by atoms with Gasteiger partial charge in [0.2, 0.25) is 0 Å². The number of rotatable bonds is 8. The Morgan fingerprint density at radius 2 is 0.766 bits per heavy atom. The van der Waals surface area contributed by atoms with Crippen molar-refractivity contribution < 1.29 is 4.42 Å². The van der Waals surface area contributed by atoms with Crippen LogP contribution in [-0.4, -0.2) is 0 Å². The van der Waals surface area contributed by atoms with E-state index in [-0.39, 0.29) is 0 Å². The summed E-state index contributed by atoms with van der Waals surface area (Å²) < 4.78 is 6.31. The van der Waals surface area contributed by atoms with Gasteiger partial charge in [-0.15, -0.1) is 0 Å². The molecule has 0 radical (unpaired) electrons. The van der Waals surface area contributed by atoms with Gasteiger partial charge in [-0.1, -0.05) is 200 Å². The average molecular weight is 816 g/mol. The first-order valence-electron chi connectivity index (χ1n) is 21.9. The van der Waals surface area contributed by atoms with Gasteiger partial charge >= 0.3 is 0 Å². The highest BCUT2D eigenvalue weighted by Gasteiger charge is 2.23. The zero-order chi connectivity index (χ0) is 42.4. The van der Waals surface area contributed by atoms with Gasteiger partial charge in [-0.05, 0) is 120 Å². The maximum atomic E-state index is 6.31. The molecule has 0 bridgehead atoms. The van der Waals surface area contributed by atoms with Gasteiger partial charge in [-0.2, -0.15) is 0 Å². The highest BCUT2D eigenvalue weighted by atomic mass is 16.3. The van der Waals surface area contributed by atoms with Crippen LogP contribution >= 0.6 is 0 Å². The molecule has 0 spiro atoms. The highest BCUT2D eigenvalue weighted by Crippen LogP contribution is 2.48. The van der Waals surface area contributed by atoms with Crippen LogP contribution in [0.15, 0.2) is 253 Å². The van der Waals surface area contributed by atoms with Crippen LogP contribution in [0, 0.1) is 0 Å². The second-order valence-corrected chi connectivity index (χ2v) is 16.4. The summed E-state index contributed by atoms with van der Waals surface area (Å²) in [5.41, 5.74) is 16.7. The molecular weight excluding hydrogens is 775 g/mol. The standard InChI is InChI=1S/C62H41NO/c1-3-15-42(16-4-1)44-29-31-47(32-30-44)61-55(57-41-48-19-7-8-20-51(48)53-21-9-10-22-54(53)57)25-13-26-58(61)63(49-37-33-45(34-38-49)43-17-5-2-6-18-43)50-39-35-46(36-40-50)52-24-14-28-60-62(52)56-23-11-12-27-59(56)64-60/h1-41H. The number of para-hydroxylation sites is 1. The van der Waals surface area contributed by atoms with E-state index >= 15 is 0 Å². The highest BCUT2D eigenvalue weighted by molar-refractivity contribution is 6.16. The SMILES string of the molecule is c1ccc(-c2ccc(-c3c(-c4cc5ccccc5c5ccccc45)cccc3N(c3ccc(-c4ccccc4)cc3)c3ccc(-c4cccc5oc6ccccc6c45)cc3)cc2)cc1. The average Bonchev–Trinajstić information content (AvgIpc) is 3.76. The van der Waals surface area contributed by atoms with E-state index < -0.39 is 0 Å². The van der Waals surface area contributed by atoms with Crippen LogP contribution in [0.25, 0.3) is 99.1 Å². The lowest BCUT2D eigenvalue weighted by Crippen LogP contribution is -2.12.